The highest BCUT2D eigenvalue weighted by Gasteiger charge is 2.37. The highest BCUT2D eigenvalue weighted by atomic mass is 79.9. The van der Waals surface area contributed by atoms with E-state index in [0.717, 1.165) is 30.4 Å². The molecule has 0 aliphatic carbocycles. The van der Waals surface area contributed by atoms with Crippen molar-refractivity contribution in [1.29, 1.82) is 0 Å². The smallest absolute Gasteiger partial charge is 0.0523 e. The van der Waals surface area contributed by atoms with E-state index < -0.39 is 0 Å². The molecular formula is C28H29BrClN3. The second-order valence-electron chi connectivity index (χ2n) is 9.13. The predicted octanol–water partition coefficient (Wildman–Crippen LogP) is 7.05. The van der Waals surface area contributed by atoms with E-state index in [9.17, 15) is 0 Å². The van der Waals surface area contributed by atoms with Crippen LogP contribution in [0.15, 0.2) is 83.3 Å². The lowest BCUT2D eigenvalue weighted by Gasteiger charge is -2.43. The predicted molar refractivity (Wildman–Crippen MR) is 144 cm³/mol. The summed E-state index contributed by atoms with van der Waals surface area (Å²) in [6.07, 6.45) is 3.49. The van der Waals surface area contributed by atoms with Gasteiger partial charge in [0.25, 0.3) is 0 Å². The maximum absolute atomic E-state index is 3.82. The fourth-order valence-corrected chi connectivity index (χ4v) is 6.14. The monoisotopic (exact) mass is 521 g/mol. The second-order valence-corrected chi connectivity index (χ2v) is 10.0. The lowest BCUT2D eigenvalue weighted by molar-refractivity contribution is 0.125. The van der Waals surface area contributed by atoms with Crippen LogP contribution in [-0.4, -0.2) is 28.6 Å². The summed E-state index contributed by atoms with van der Waals surface area (Å²) in [5.74, 6) is 0. The Morgan fingerprint density at radius 1 is 0.909 bits per heavy atom. The van der Waals surface area contributed by atoms with Gasteiger partial charge in [-0.1, -0.05) is 70.5 Å². The third-order valence-corrected chi connectivity index (χ3v) is 7.67. The number of halogens is 2. The van der Waals surface area contributed by atoms with Gasteiger partial charge in [0.15, 0.2) is 0 Å². The van der Waals surface area contributed by atoms with Crippen molar-refractivity contribution >= 4 is 44.9 Å². The fourth-order valence-electron chi connectivity index (χ4n) is 5.74. The maximum Gasteiger partial charge on any atom is 0.0523 e. The van der Waals surface area contributed by atoms with Crippen molar-refractivity contribution in [2.45, 2.75) is 37.9 Å². The van der Waals surface area contributed by atoms with Crippen molar-refractivity contribution in [3.8, 4) is 0 Å². The van der Waals surface area contributed by atoms with Gasteiger partial charge in [-0.2, -0.15) is 0 Å². The highest BCUT2D eigenvalue weighted by Crippen LogP contribution is 2.42. The Hall–Kier alpha value is -2.27. The Morgan fingerprint density at radius 3 is 2.58 bits per heavy atom. The van der Waals surface area contributed by atoms with Gasteiger partial charge >= 0.3 is 0 Å². The van der Waals surface area contributed by atoms with Crippen molar-refractivity contribution in [3.63, 3.8) is 0 Å². The van der Waals surface area contributed by atoms with Gasteiger partial charge in [-0.3, -0.25) is 4.90 Å². The van der Waals surface area contributed by atoms with E-state index in [-0.39, 0.29) is 12.4 Å². The summed E-state index contributed by atoms with van der Waals surface area (Å²) >= 11 is 3.61. The van der Waals surface area contributed by atoms with Crippen LogP contribution in [0.25, 0.3) is 10.9 Å². The molecule has 0 spiro atoms. The molecular weight excluding hydrogens is 494 g/mol. The number of fused-ring (bicyclic) bond motifs is 5. The van der Waals surface area contributed by atoms with Gasteiger partial charge in [0.2, 0.25) is 0 Å². The van der Waals surface area contributed by atoms with E-state index in [2.05, 4.69) is 110 Å². The van der Waals surface area contributed by atoms with Gasteiger partial charge < -0.3 is 9.88 Å². The average Bonchev–Trinajstić information content (AvgIpc) is 3.14. The lowest BCUT2D eigenvalue weighted by atomic mass is 9.88. The highest BCUT2D eigenvalue weighted by molar-refractivity contribution is 9.10. The maximum atomic E-state index is 3.82. The quantitative estimate of drug-likeness (QED) is 0.310. The Morgan fingerprint density at radius 2 is 1.73 bits per heavy atom. The fraction of sp³-hybridized carbons (Fsp3) is 0.286. The van der Waals surface area contributed by atoms with Gasteiger partial charge in [0.1, 0.15) is 0 Å². The molecule has 2 aliphatic heterocycles. The van der Waals surface area contributed by atoms with Gasteiger partial charge in [-0.15, -0.1) is 12.4 Å². The summed E-state index contributed by atoms with van der Waals surface area (Å²) in [6, 6.07) is 29.4. The summed E-state index contributed by atoms with van der Waals surface area (Å²) in [5.41, 5.74) is 7.07. The number of piperidine rings is 1. The molecule has 2 atom stereocenters. The van der Waals surface area contributed by atoms with Crippen molar-refractivity contribution in [1.82, 2.24) is 9.47 Å². The van der Waals surface area contributed by atoms with Crippen LogP contribution >= 0.6 is 28.3 Å². The largest absolute Gasteiger partial charge is 0.382 e. The molecule has 6 rings (SSSR count). The summed E-state index contributed by atoms with van der Waals surface area (Å²) in [4.78, 5) is 2.72. The zero-order chi connectivity index (χ0) is 21.5. The van der Waals surface area contributed by atoms with Crippen LogP contribution < -0.4 is 5.32 Å². The molecule has 1 aromatic heterocycles. The number of para-hydroxylation sites is 1. The van der Waals surface area contributed by atoms with Crippen LogP contribution in [0, 0.1) is 0 Å². The van der Waals surface area contributed by atoms with E-state index in [4.69, 9.17) is 0 Å². The van der Waals surface area contributed by atoms with Gasteiger partial charge in [0.05, 0.1) is 6.04 Å². The summed E-state index contributed by atoms with van der Waals surface area (Å²) < 4.78 is 3.74. The van der Waals surface area contributed by atoms with Crippen LogP contribution in [0.5, 0.6) is 0 Å². The van der Waals surface area contributed by atoms with Crippen LogP contribution in [0.1, 0.15) is 35.7 Å². The molecule has 1 N–H and O–H groups in total. The number of aromatic nitrogens is 1. The van der Waals surface area contributed by atoms with Crippen LogP contribution in [-0.2, 0) is 13.0 Å². The molecule has 3 nitrogen and oxygen atoms in total. The molecule has 4 aromatic rings. The van der Waals surface area contributed by atoms with Crippen LogP contribution in [0.3, 0.4) is 0 Å². The molecule has 3 aromatic carbocycles. The first-order valence-corrected chi connectivity index (χ1v) is 12.5. The third-order valence-electron chi connectivity index (χ3n) is 7.18. The zero-order valence-corrected chi connectivity index (χ0v) is 21.0. The van der Waals surface area contributed by atoms with Crippen LogP contribution in [0.4, 0.5) is 5.69 Å². The second kappa shape index (κ2) is 9.54. The molecule has 0 amide bonds. The van der Waals surface area contributed by atoms with Crippen molar-refractivity contribution in [3.05, 3.63) is 100 Å². The minimum atomic E-state index is 0. The molecule has 1 fully saturated rings. The van der Waals surface area contributed by atoms with Crippen molar-refractivity contribution in [2.24, 2.45) is 0 Å². The molecule has 5 heteroatoms. The minimum Gasteiger partial charge on any atom is -0.382 e. The van der Waals surface area contributed by atoms with Crippen molar-refractivity contribution in [2.75, 3.05) is 18.4 Å². The first-order chi connectivity index (χ1) is 15.8. The zero-order valence-electron chi connectivity index (χ0n) is 18.6. The SMILES string of the molecule is Brc1cccc(NC2CCN3CCc4c(n(Cc5ccccc5)c5ccccc45)C3C2)c1.Cl. The average molecular weight is 523 g/mol. The molecule has 3 heterocycles. The molecule has 170 valence electrons. The number of nitrogens with zero attached hydrogens (tertiary/aromatic N) is 2. The number of nitrogens with one attached hydrogen (secondary N) is 1. The standard InChI is InChI=1S/C28H28BrN3.ClH/c29-21-9-6-10-22(17-21)30-23-13-15-31-16-14-25-24-11-4-5-12-26(24)32(28(25)27(31)18-23)19-20-7-2-1-3-8-20;/h1-12,17,23,27,30H,13-16,18-19H2;1H. The summed E-state index contributed by atoms with van der Waals surface area (Å²) in [6.45, 7) is 3.26. The first-order valence-electron chi connectivity index (χ1n) is 11.7. The van der Waals surface area contributed by atoms with E-state index in [1.54, 1.807) is 11.3 Å². The molecule has 0 radical (unpaired) electrons. The van der Waals surface area contributed by atoms with Gasteiger partial charge in [-0.25, -0.2) is 0 Å². The van der Waals surface area contributed by atoms with Crippen LogP contribution in [0.2, 0.25) is 0 Å². The Labute approximate surface area is 210 Å². The van der Waals surface area contributed by atoms with Crippen molar-refractivity contribution < 1.29 is 0 Å². The lowest BCUT2D eigenvalue weighted by Crippen LogP contribution is -2.45. The molecule has 0 saturated carbocycles. The first kappa shape index (κ1) is 22.5. The third kappa shape index (κ3) is 4.32. The summed E-state index contributed by atoms with van der Waals surface area (Å²) in [7, 11) is 0. The number of hydrogen-bond donors (Lipinski definition) is 1. The number of anilines is 1. The Balaban J connectivity index is 0.00000228. The Bertz CT molecular complexity index is 1250. The van der Waals surface area contributed by atoms with Gasteiger partial charge in [-0.05, 0) is 54.7 Å². The number of benzene rings is 3. The molecule has 2 aliphatic rings. The van der Waals surface area contributed by atoms with E-state index in [1.165, 1.54) is 35.1 Å². The van der Waals surface area contributed by atoms with Gasteiger partial charge in [0, 0.05) is 52.4 Å². The normalized spacial score (nSPS) is 20.0. The van der Waals surface area contributed by atoms with E-state index in [0.29, 0.717) is 12.1 Å². The topological polar surface area (TPSA) is 20.2 Å². The number of hydrogen-bond acceptors (Lipinski definition) is 2. The molecule has 2 unspecified atom stereocenters. The molecule has 33 heavy (non-hydrogen) atoms. The number of rotatable bonds is 4. The van der Waals surface area contributed by atoms with E-state index >= 15 is 0 Å². The molecule has 1 saturated heterocycles. The summed E-state index contributed by atoms with van der Waals surface area (Å²) in [5, 5.41) is 5.27. The molecule has 0 bridgehead atoms. The Kier molecular flexibility index (Phi) is 6.51. The minimum absolute atomic E-state index is 0. The van der Waals surface area contributed by atoms with E-state index in [1.807, 2.05) is 0 Å².